The van der Waals surface area contributed by atoms with Crippen molar-refractivity contribution in [1.29, 1.82) is 0 Å². The Labute approximate surface area is 274 Å². The van der Waals surface area contributed by atoms with Crippen LogP contribution in [-0.4, -0.2) is 30.4 Å². The first-order valence-corrected chi connectivity index (χ1v) is 18.4. The molecule has 1 aromatic rings. The Kier molecular flexibility index (Phi) is 8.61. The molecule has 5 aliphatic carbocycles. The van der Waals surface area contributed by atoms with Crippen molar-refractivity contribution in [2.45, 2.75) is 132 Å². The van der Waals surface area contributed by atoms with Crippen LogP contribution in [-0.2, 0) is 9.53 Å². The Morgan fingerprint density at radius 3 is 2.38 bits per heavy atom. The van der Waals surface area contributed by atoms with Crippen LogP contribution in [0.1, 0.15) is 130 Å². The number of hydrogen-bond donors (Lipinski definition) is 1. The van der Waals surface area contributed by atoms with E-state index in [4.69, 9.17) is 9.47 Å². The van der Waals surface area contributed by atoms with E-state index in [-0.39, 0.29) is 29.5 Å². The molecule has 0 saturated heterocycles. The molecule has 4 heteroatoms. The molecule has 5 aliphatic rings. The predicted molar refractivity (Wildman–Crippen MR) is 182 cm³/mol. The zero-order valence-corrected chi connectivity index (χ0v) is 29.7. The van der Waals surface area contributed by atoms with Crippen LogP contribution in [0.5, 0.6) is 5.75 Å². The first-order chi connectivity index (χ1) is 21.1. The van der Waals surface area contributed by atoms with E-state index in [9.17, 15) is 9.90 Å². The minimum absolute atomic E-state index is 0.00703. The molecule has 0 radical (unpaired) electrons. The van der Waals surface area contributed by atoms with E-state index in [2.05, 4.69) is 73.2 Å². The maximum absolute atomic E-state index is 13.2. The van der Waals surface area contributed by atoms with Gasteiger partial charge in [0.15, 0.2) is 6.61 Å². The summed E-state index contributed by atoms with van der Waals surface area (Å²) < 4.78 is 12.2. The fourth-order valence-corrected chi connectivity index (χ4v) is 12.7. The molecule has 6 rings (SSSR count). The lowest BCUT2D eigenvalue weighted by atomic mass is 9.36. The van der Waals surface area contributed by atoms with Gasteiger partial charge in [-0.1, -0.05) is 65.8 Å². The summed E-state index contributed by atoms with van der Waals surface area (Å²) in [6.45, 7) is 23.6. The zero-order chi connectivity index (χ0) is 32.5. The molecule has 45 heavy (non-hydrogen) atoms. The molecule has 4 nitrogen and oxygen atoms in total. The molecule has 1 N–H and O–H groups in total. The first-order valence-electron chi connectivity index (χ1n) is 18.4. The molecule has 0 heterocycles. The molecule has 0 spiro atoms. The van der Waals surface area contributed by atoms with Crippen molar-refractivity contribution in [2.75, 3.05) is 13.2 Å². The lowest BCUT2D eigenvalue weighted by Crippen LogP contribution is -2.63. The summed E-state index contributed by atoms with van der Waals surface area (Å²) in [5, 5.41) is 11.0. The number of fused-ring (bicyclic) bond motifs is 7. The highest BCUT2D eigenvalue weighted by atomic mass is 16.6. The summed E-state index contributed by atoms with van der Waals surface area (Å²) in [6.07, 6.45) is 11.8. The Morgan fingerprint density at radius 1 is 0.956 bits per heavy atom. The third kappa shape index (κ3) is 5.32. The Bertz CT molecular complexity index is 1300. The molecule has 0 bridgehead atoms. The number of esters is 1. The van der Waals surface area contributed by atoms with Crippen LogP contribution in [0.15, 0.2) is 30.4 Å². The fourth-order valence-electron chi connectivity index (χ4n) is 12.7. The van der Waals surface area contributed by atoms with Gasteiger partial charge in [0.1, 0.15) is 5.75 Å². The molecule has 5 unspecified atom stereocenters. The number of aliphatic hydroxyl groups is 1. The molecule has 0 aliphatic heterocycles. The van der Waals surface area contributed by atoms with Crippen molar-refractivity contribution in [3.05, 3.63) is 41.5 Å². The highest BCUT2D eigenvalue weighted by Crippen LogP contribution is 2.73. The first kappa shape index (κ1) is 33.1. The predicted octanol–water partition coefficient (Wildman–Crippen LogP) is 9.67. The molecule has 0 aromatic heterocycles. The van der Waals surface area contributed by atoms with Crippen LogP contribution in [0.4, 0.5) is 0 Å². The van der Waals surface area contributed by atoms with Crippen LogP contribution in [0.2, 0.25) is 0 Å². The average Bonchev–Trinajstić information content (AvgIpc) is 3.38. The van der Waals surface area contributed by atoms with Gasteiger partial charge in [0.2, 0.25) is 0 Å². The molecular weight excluding hydrogens is 556 g/mol. The summed E-state index contributed by atoms with van der Waals surface area (Å²) in [5.41, 5.74) is 4.28. The molecule has 1 aromatic carbocycles. The van der Waals surface area contributed by atoms with Crippen molar-refractivity contribution in [3.8, 4) is 5.75 Å². The van der Waals surface area contributed by atoms with Crippen molar-refractivity contribution >= 4 is 5.97 Å². The van der Waals surface area contributed by atoms with Gasteiger partial charge in [0, 0.05) is 5.41 Å². The lowest BCUT2D eigenvalue weighted by molar-refractivity contribution is -0.218. The number of benzene rings is 1. The van der Waals surface area contributed by atoms with E-state index in [1.165, 1.54) is 56.1 Å². The standard InChI is InChI=1S/C41H62O4/c1-25(2)28-11-10-27(5)32(22-28)44-23-36(43)45-24-41-20-14-29(26(3)4)37(41)30-12-13-34-39(8,31(30)15-21-41)18-16-33-38(6,7)35(42)17-19-40(33,34)9/h10-11,22,25,29-31,33-35,37,42H,3,12-21,23-24H2,1-2,4-9H3/t29-,30?,31?,33?,34?,35-,37?,39-,40-,41+/m0/s1. The number of hydrogen-bond acceptors (Lipinski definition) is 4. The minimum atomic E-state index is -0.248. The molecular formula is C41H62O4. The highest BCUT2D eigenvalue weighted by Gasteiger charge is 2.67. The summed E-state index contributed by atoms with van der Waals surface area (Å²) in [5.74, 6) is 4.71. The van der Waals surface area contributed by atoms with Gasteiger partial charge in [-0.3, -0.25) is 0 Å². The van der Waals surface area contributed by atoms with Crippen molar-refractivity contribution in [3.63, 3.8) is 0 Å². The lowest BCUT2D eigenvalue weighted by Gasteiger charge is -2.69. The van der Waals surface area contributed by atoms with Gasteiger partial charge in [0.05, 0.1) is 12.7 Å². The maximum atomic E-state index is 13.2. The van der Waals surface area contributed by atoms with E-state index in [1.54, 1.807) is 0 Å². The summed E-state index contributed by atoms with van der Waals surface area (Å²) in [7, 11) is 0. The van der Waals surface area contributed by atoms with Crippen LogP contribution in [0, 0.1) is 64.1 Å². The Morgan fingerprint density at radius 2 is 1.67 bits per heavy atom. The smallest absolute Gasteiger partial charge is 0.344 e. The van der Waals surface area contributed by atoms with Crippen LogP contribution in [0.3, 0.4) is 0 Å². The SMILES string of the molecule is C=C(C)[C@@H]1CC[C@]2(COC(=O)COc3cc(C(C)C)ccc3C)CCC3C(CCC4[C@@]3(C)CCC3C(C)(C)[C@@H](O)CC[C@@]34C)C12. The van der Waals surface area contributed by atoms with E-state index in [0.717, 1.165) is 42.4 Å². The largest absolute Gasteiger partial charge is 0.482 e. The maximum Gasteiger partial charge on any atom is 0.344 e. The summed E-state index contributed by atoms with van der Waals surface area (Å²) in [6, 6.07) is 6.28. The molecule has 10 atom stereocenters. The van der Waals surface area contributed by atoms with Gasteiger partial charge in [-0.25, -0.2) is 4.79 Å². The van der Waals surface area contributed by atoms with Crippen molar-refractivity contribution in [2.24, 2.45) is 57.2 Å². The molecule has 5 fully saturated rings. The topological polar surface area (TPSA) is 55.8 Å². The number of carbonyl (C=O) groups excluding carboxylic acids is 1. The van der Waals surface area contributed by atoms with E-state index >= 15 is 0 Å². The second-order valence-corrected chi connectivity index (χ2v) is 17.9. The number of aliphatic hydroxyl groups excluding tert-OH is 1. The third-order valence-corrected chi connectivity index (χ3v) is 15.1. The quantitative estimate of drug-likeness (QED) is 0.244. The number of allylic oxidation sites excluding steroid dienone is 1. The number of aryl methyl sites for hydroxylation is 1. The van der Waals surface area contributed by atoms with Gasteiger partial charge in [-0.2, -0.15) is 0 Å². The Balaban J connectivity index is 1.19. The monoisotopic (exact) mass is 618 g/mol. The number of carbonyl (C=O) groups is 1. The summed E-state index contributed by atoms with van der Waals surface area (Å²) in [4.78, 5) is 13.2. The van der Waals surface area contributed by atoms with Crippen molar-refractivity contribution in [1.82, 2.24) is 0 Å². The van der Waals surface area contributed by atoms with Crippen LogP contribution >= 0.6 is 0 Å². The number of rotatable bonds is 7. The second-order valence-electron chi connectivity index (χ2n) is 17.9. The van der Waals surface area contributed by atoms with Crippen LogP contribution < -0.4 is 4.74 Å². The van der Waals surface area contributed by atoms with Gasteiger partial charge in [-0.15, -0.1) is 0 Å². The van der Waals surface area contributed by atoms with Crippen LogP contribution in [0.25, 0.3) is 0 Å². The molecule has 0 amide bonds. The normalized spacial score (nSPS) is 41.8. The van der Waals surface area contributed by atoms with E-state index in [0.29, 0.717) is 47.0 Å². The van der Waals surface area contributed by atoms with Gasteiger partial charge < -0.3 is 14.6 Å². The van der Waals surface area contributed by atoms with E-state index in [1.807, 2.05) is 6.92 Å². The van der Waals surface area contributed by atoms with Gasteiger partial charge in [0.25, 0.3) is 0 Å². The highest BCUT2D eigenvalue weighted by molar-refractivity contribution is 5.71. The zero-order valence-electron chi connectivity index (χ0n) is 29.7. The van der Waals surface area contributed by atoms with Gasteiger partial charge >= 0.3 is 5.97 Å². The third-order valence-electron chi connectivity index (χ3n) is 15.1. The molecule has 5 saturated carbocycles. The molecule has 250 valence electrons. The minimum Gasteiger partial charge on any atom is -0.482 e. The fraction of sp³-hybridized carbons (Fsp3) is 0.780. The van der Waals surface area contributed by atoms with Crippen molar-refractivity contribution < 1.29 is 19.4 Å². The number of ether oxygens (including phenoxy) is 2. The summed E-state index contributed by atoms with van der Waals surface area (Å²) >= 11 is 0. The average molecular weight is 619 g/mol. The van der Waals surface area contributed by atoms with E-state index < -0.39 is 0 Å². The Hall–Kier alpha value is -1.81. The van der Waals surface area contributed by atoms with Gasteiger partial charge in [-0.05, 0) is 153 Å². The second kappa shape index (κ2) is 11.7.